The Morgan fingerprint density at radius 2 is 1.64 bits per heavy atom. The van der Waals surface area contributed by atoms with Gasteiger partial charge in [0, 0.05) is 5.56 Å². The van der Waals surface area contributed by atoms with Gasteiger partial charge in [0.2, 0.25) is 0 Å². The number of H-pyrrole nitrogens is 1. The minimum atomic E-state index is 1.12. The molecule has 14 heavy (non-hydrogen) atoms. The molecule has 0 saturated carbocycles. The lowest BCUT2D eigenvalue weighted by molar-refractivity contribution is 1.09. The first-order chi connectivity index (χ1) is 6.66. The van der Waals surface area contributed by atoms with Crippen molar-refractivity contribution < 1.29 is 0 Å². The fraction of sp³-hybridized carbons (Fsp3) is 0.250. The lowest BCUT2D eigenvalue weighted by Gasteiger charge is -2.03. The van der Waals surface area contributed by atoms with Gasteiger partial charge in [0.1, 0.15) is 0 Å². The summed E-state index contributed by atoms with van der Waals surface area (Å²) in [4.78, 5) is 0. The number of aromatic nitrogens is 2. The zero-order valence-electron chi connectivity index (χ0n) is 8.76. The molecule has 1 aromatic carbocycles. The number of hydrogen-bond donors (Lipinski definition) is 1. The summed E-state index contributed by atoms with van der Waals surface area (Å²) in [5.74, 6) is 0. The standard InChI is InChI=1S/C12H14N2/c1-8-4-9(2)6-11(5-8)12-10(3)7-13-14-12/h4-7H,1-3H3,(H,13,14). The van der Waals surface area contributed by atoms with Gasteiger partial charge in [0.25, 0.3) is 0 Å². The molecular formula is C12H14N2. The monoisotopic (exact) mass is 186 g/mol. The van der Waals surface area contributed by atoms with Crippen LogP contribution in [0.25, 0.3) is 11.3 Å². The van der Waals surface area contributed by atoms with E-state index in [9.17, 15) is 0 Å². The van der Waals surface area contributed by atoms with Crippen LogP contribution >= 0.6 is 0 Å². The summed E-state index contributed by atoms with van der Waals surface area (Å²) in [6.07, 6.45) is 1.85. The number of hydrogen-bond acceptors (Lipinski definition) is 1. The van der Waals surface area contributed by atoms with Crippen molar-refractivity contribution in [2.24, 2.45) is 0 Å². The van der Waals surface area contributed by atoms with E-state index in [1.165, 1.54) is 22.3 Å². The first kappa shape index (κ1) is 9.00. The number of aromatic amines is 1. The maximum atomic E-state index is 4.03. The van der Waals surface area contributed by atoms with E-state index in [1.807, 2.05) is 6.20 Å². The third-order valence-electron chi connectivity index (χ3n) is 2.34. The molecule has 0 unspecified atom stereocenters. The van der Waals surface area contributed by atoms with Crippen molar-refractivity contribution >= 4 is 0 Å². The van der Waals surface area contributed by atoms with Crippen LogP contribution in [0.15, 0.2) is 24.4 Å². The van der Waals surface area contributed by atoms with Gasteiger partial charge in [-0.15, -0.1) is 0 Å². The second kappa shape index (κ2) is 3.29. The molecule has 0 fully saturated rings. The van der Waals surface area contributed by atoms with E-state index in [-0.39, 0.29) is 0 Å². The molecule has 0 atom stereocenters. The largest absolute Gasteiger partial charge is 0.278 e. The van der Waals surface area contributed by atoms with Gasteiger partial charge in [-0.2, -0.15) is 5.10 Å². The van der Waals surface area contributed by atoms with E-state index >= 15 is 0 Å². The highest BCUT2D eigenvalue weighted by Crippen LogP contribution is 2.22. The molecule has 0 spiro atoms. The van der Waals surface area contributed by atoms with Crippen molar-refractivity contribution in [1.82, 2.24) is 10.2 Å². The average molecular weight is 186 g/mol. The quantitative estimate of drug-likeness (QED) is 0.728. The topological polar surface area (TPSA) is 28.7 Å². The van der Waals surface area contributed by atoms with Crippen molar-refractivity contribution in [3.8, 4) is 11.3 Å². The molecule has 72 valence electrons. The molecule has 0 aliphatic carbocycles. The van der Waals surface area contributed by atoms with E-state index in [0.29, 0.717) is 0 Å². The molecule has 0 aliphatic rings. The van der Waals surface area contributed by atoms with Gasteiger partial charge in [-0.3, -0.25) is 5.10 Å². The molecule has 0 bridgehead atoms. The van der Waals surface area contributed by atoms with Crippen molar-refractivity contribution in [2.75, 3.05) is 0 Å². The second-order valence-electron chi connectivity index (χ2n) is 3.80. The molecule has 0 radical (unpaired) electrons. The van der Waals surface area contributed by atoms with E-state index in [2.05, 4.69) is 49.2 Å². The third-order valence-corrected chi connectivity index (χ3v) is 2.34. The Morgan fingerprint density at radius 3 is 2.14 bits per heavy atom. The molecule has 0 amide bonds. The molecule has 1 heterocycles. The molecule has 2 aromatic rings. The minimum absolute atomic E-state index is 1.12. The predicted molar refractivity (Wildman–Crippen MR) is 58.2 cm³/mol. The lowest BCUT2D eigenvalue weighted by atomic mass is 10.0. The molecule has 2 rings (SSSR count). The van der Waals surface area contributed by atoms with Crippen molar-refractivity contribution in [1.29, 1.82) is 0 Å². The van der Waals surface area contributed by atoms with Crippen LogP contribution in [0.1, 0.15) is 16.7 Å². The molecule has 2 heteroatoms. The number of rotatable bonds is 1. The van der Waals surface area contributed by atoms with Gasteiger partial charge >= 0.3 is 0 Å². The Kier molecular flexibility index (Phi) is 2.12. The van der Waals surface area contributed by atoms with Crippen LogP contribution < -0.4 is 0 Å². The van der Waals surface area contributed by atoms with Gasteiger partial charge < -0.3 is 0 Å². The Bertz CT molecular complexity index is 435. The van der Waals surface area contributed by atoms with Crippen LogP contribution in [0.3, 0.4) is 0 Å². The molecular weight excluding hydrogens is 172 g/mol. The summed E-state index contributed by atoms with van der Waals surface area (Å²) < 4.78 is 0. The smallest absolute Gasteiger partial charge is 0.0679 e. The van der Waals surface area contributed by atoms with Crippen molar-refractivity contribution in [2.45, 2.75) is 20.8 Å². The number of benzene rings is 1. The first-order valence-electron chi connectivity index (χ1n) is 4.75. The summed E-state index contributed by atoms with van der Waals surface area (Å²) in [6.45, 7) is 6.29. The average Bonchev–Trinajstić information content (AvgIpc) is 2.49. The van der Waals surface area contributed by atoms with Crippen LogP contribution in [-0.2, 0) is 0 Å². The summed E-state index contributed by atoms with van der Waals surface area (Å²) in [7, 11) is 0. The fourth-order valence-corrected chi connectivity index (χ4v) is 1.76. The van der Waals surface area contributed by atoms with Gasteiger partial charge in [-0.05, 0) is 38.5 Å². The lowest BCUT2D eigenvalue weighted by Crippen LogP contribution is -1.84. The molecule has 1 N–H and O–H groups in total. The third kappa shape index (κ3) is 1.55. The number of aryl methyl sites for hydroxylation is 3. The highest BCUT2D eigenvalue weighted by molar-refractivity contribution is 5.63. The van der Waals surface area contributed by atoms with Crippen LogP contribution in [0.4, 0.5) is 0 Å². The van der Waals surface area contributed by atoms with Crippen molar-refractivity contribution in [3.05, 3.63) is 41.1 Å². The van der Waals surface area contributed by atoms with E-state index < -0.39 is 0 Å². The van der Waals surface area contributed by atoms with Crippen molar-refractivity contribution in [3.63, 3.8) is 0 Å². The van der Waals surface area contributed by atoms with Crippen LogP contribution in [-0.4, -0.2) is 10.2 Å². The second-order valence-corrected chi connectivity index (χ2v) is 3.80. The summed E-state index contributed by atoms with van der Waals surface area (Å²) >= 11 is 0. The summed E-state index contributed by atoms with van der Waals surface area (Å²) in [5.41, 5.74) is 6.10. The first-order valence-corrected chi connectivity index (χ1v) is 4.75. The van der Waals surface area contributed by atoms with Crippen LogP contribution in [0.5, 0.6) is 0 Å². The maximum Gasteiger partial charge on any atom is 0.0679 e. The highest BCUT2D eigenvalue weighted by Gasteiger charge is 2.04. The van der Waals surface area contributed by atoms with Gasteiger partial charge in [0.05, 0.1) is 11.9 Å². The molecule has 2 nitrogen and oxygen atoms in total. The van der Waals surface area contributed by atoms with Crippen LogP contribution in [0, 0.1) is 20.8 Å². The fourth-order valence-electron chi connectivity index (χ4n) is 1.76. The Balaban J connectivity index is 2.57. The van der Waals surface area contributed by atoms with Gasteiger partial charge in [-0.1, -0.05) is 17.2 Å². The normalized spacial score (nSPS) is 10.5. The van der Waals surface area contributed by atoms with E-state index in [0.717, 1.165) is 5.69 Å². The van der Waals surface area contributed by atoms with Gasteiger partial charge in [-0.25, -0.2) is 0 Å². The SMILES string of the molecule is Cc1cc(C)cc(-c2[nH]ncc2C)c1. The zero-order valence-corrected chi connectivity index (χ0v) is 8.76. The minimum Gasteiger partial charge on any atom is -0.278 e. The zero-order chi connectivity index (χ0) is 10.1. The highest BCUT2D eigenvalue weighted by atomic mass is 15.1. The van der Waals surface area contributed by atoms with Crippen LogP contribution in [0.2, 0.25) is 0 Å². The van der Waals surface area contributed by atoms with Gasteiger partial charge in [0.15, 0.2) is 0 Å². The predicted octanol–water partition coefficient (Wildman–Crippen LogP) is 3.00. The van der Waals surface area contributed by atoms with E-state index in [4.69, 9.17) is 0 Å². The number of nitrogens with one attached hydrogen (secondary N) is 1. The maximum absolute atomic E-state index is 4.03. The Morgan fingerprint density at radius 1 is 1.00 bits per heavy atom. The Hall–Kier alpha value is -1.57. The summed E-state index contributed by atoms with van der Waals surface area (Å²) in [6, 6.07) is 6.52. The summed E-state index contributed by atoms with van der Waals surface area (Å²) in [5, 5.41) is 7.06. The molecule has 1 aromatic heterocycles. The Labute approximate surface area is 84.0 Å². The molecule has 0 aliphatic heterocycles. The van der Waals surface area contributed by atoms with E-state index in [1.54, 1.807) is 0 Å². The number of nitrogens with zero attached hydrogens (tertiary/aromatic N) is 1. The molecule has 0 saturated heterocycles.